The third-order valence-electron chi connectivity index (χ3n) is 5.75. The Bertz CT molecular complexity index is 846. The van der Waals surface area contributed by atoms with Crippen LogP contribution in [0.4, 0.5) is 0 Å². The van der Waals surface area contributed by atoms with E-state index in [0.717, 1.165) is 37.4 Å². The van der Waals surface area contributed by atoms with Crippen molar-refractivity contribution in [2.45, 2.75) is 38.1 Å². The summed E-state index contributed by atoms with van der Waals surface area (Å²) in [5, 5.41) is 0. The summed E-state index contributed by atoms with van der Waals surface area (Å²) in [6.07, 6.45) is 5.83. The highest BCUT2D eigenvalue weighted by atomic mass is 16.7. The minimum atomic E-state index is 0.329. The van der Waals surface area contributed by atoms with Crippen molar-refractivity contribution in [2.75, 3.05) is 19.9 Å². The first-order chi connectivity index (χ1) is 12.9. The number of nitrogens with zero attached hydrogens (tertiary/aromatic N) is 2. The number of hydrogen-bond donors (Lipinski definition) is 0. The van der Waals surface area contributed by atoms with E-state index in [2.05, 4.69) is 35.2 Å². The van der Waals surface area contributed by atoms with Gasteiger partial charge < -0.3 is 14.4 Å². The van der Waals surface area contributed by atoms with Gasteiger partial charge in [0.2, 0.25) is 6.79 Å². The molecule has 0 saturated carbocycles. The lowest BCUT2D eigenvalue weighted by Crippen LogP contribution is -2.40. The van der Waals surface area contributed by atoms with Gasteiger partial charge in [-0.2, -0.15) is 0 Å². The summed E-state index contributed by atoms with van der Waals surface area (Å²) < 4.78 is 11.2. The van der Waals surface area contributed by atoms with Crippen LogP contribution in [0.25, 0.3) is 0 Å². The van der Waals surface area contributed by atoms with E-state index in [0.29, 0.717) is 12.8 Å². The van der Waals surface area contributed by atoms with Crippen LogP contribution >= 0.6 is 0 Å². The Hall–Kier alpha value is -2.49. The first-order valence-electron chi connectivity index (χ1n) is 9.67. The maximum absolute atomic E-state index is 5.66. The predicted molar refractivity (Wildman–Crippen MR) is 102 cm³/mol. The molecule has 0 aliphatic carbocycles. The molecule has 5 rings (SSSR count). The van der Waals surface area contributed by atoms with Gasteiger partial charge >= 0.3 is 0 Å². The maximum Gasteiger partial charge on any atom is 0.231 e. The summed E-state index contributed by atoms with van der Waals surface area (Å²) in [7, 11) is 0. The lowest BCUT2D eigenvalue weighted by molar-refractivity contribution is 0.173. The molecule has 0 radical (unpaired) electrons. The standard InChI is InChI=1S/C22H24N2O2/c1-2-9-19(22-23-14-18-8-3-4-13-24(18)22)16(6-1)11-12-17-7-5-10-20-21(17)26-15-25-20/h1-2,5-7,9-10,18H,3-4,8,11-15H2/t18-/m0/s1. The zero-order valence-electron chi connectivity index (χ0n) is 15.0. The fourth-order valence-electron chi connectivity index (χ4n) is 4.41. The number of piperidine rings is 1. The Morgan fingerprint density at radius 2 is 1.85 bits per heavy atom. The van der Waals surface area contributed by atoms with E-state index >= 15 is 0 Å². The molecule has 1 saturated heterocycles. The number of aryl methyl sites for hydroxylation is 2. The maximum atomic E-state index is 5.66. The molecule has 0 aromatic heterocycles. The molecule has 0 amide bonds. The number of hydrogen-bond acceptors (Lipinski definition) is 4. The molecule has 26 heavy (non-hydrogen) atoms. The lowest BCUT2D eigenvalue weighted by Gasteiger charge is -2.32. The number of amidine groups is 1. The average Bonchev–Trinajstić information content (AvgIpc) is 3.34. The fourth-order valence-corrected chi connectivity index (χ4v) is 4.41. The molecular weight excluding hydrogens is 324 g/mol. The predicted octanol–water partition coefficient (Wildman–Crippen LogP) is 3.82. The van der Waals surface area contributed by atoms with Gasteiger partial charge in [-0.3, -0.25) is 4.99 Å². The second-order valence-electron chi connectivity index (χ2n) is 7.32. The fraction of sp³-hybridized carbons (Fsp3) is 0.409. The van der Waals surface area contributed by atoms with Crippen LogP contribution in [-0.2, 0) is 12.8 Å². The number of aliphatic imine (C=N–C) groups is 1. The Kier molecular flexibility index (Phi) is 4.04. The van der Waals surface area contributed by atoms with E-state index in [-0.39, 0.29) is 0 Å². The second-order valence-corrected chi connectivity index (χ2v) is 7.32. The van der Waals surface area contributed by atoms with E-state index in [1.165, 1.54) is 41.8 Å². The Balaban J connectivity index is 1.39. The van der Waals surface area contributed by atoms with Crippen LogP contribution in [-0.4, -0.2) is 36.7 Å². The Morgan fingerprint density at radius 3 is 2.85 bits per heavy atom. The van der Waals surface area contributed by atoms with Crippen molar-refractivity contribution in [2.24, 2.45) is 4.99 Å². The molecule has 4 heteroatoms. The van der Waals surface area contributed by atoms with Crippen LogP contribution in [0.5, 0.6) is 11.5 Å². The number of rotatable bonds is 4. The number of para-hydroxylation sites is 1. The molecular formula is C22H24N2O2. The van der Waals surface area contributed by atoms with E-state index in [1.807, 2.05) is 12.1 Å². The Morgan fingerprint density at radius 1 is 0.962 bits per heavy atom. The summed E-state index contributed by atoms with van der Waals surface area (Å²) in [5.41, 5.74) is 3.90. The monoisotopic (exact) mass is 348 g/mol. The van der Waals surface area contributed by atoms with E-state index < -0.39 is 0 Å². The molecule has 3 aliphatic rings. The molecule has 1 fully saturated rings. The first kappa shape index (κ1) is 15.7. The molecule has 1 atom stereocenters. The third-order valence-corrected chi connectivity index (χ3v) is 5.75. The highest BCUT2D eigenvalue weighted by molar-refractivity contribution is 6.01. The zero-order valence-corrected chi connectivity index (χ0v) is 15.0. The van der Waals surface area contributed by atoms with Crippen LogP contribution in [0.2, 0.25) is 0 Å². The molecule has 0 N–H and O–H groups in total. The van der Waals surface area contributed by atoms with Crippen molar-refractivity contribution in [3.05, 3.63) is 59.2 Å². The average molecular weight is 348 g/mol. The SMILES string of the molecule is c1ccc(C2=NC[C@@H]3CCCCN23)c(CCc2cccc3c2OCO3)c1. The highest BCUT2D eigenvalue weighted by Crippen LogP contribution is 2.36. The van der Waals surface area contributed by atoms with Crippen LogP contribution in [0, 0.1) is 0 Å². The molecule has 2 aromatic carbocycles. The molecule has 0 bridgehead atoms. The van der Waals surface area contributed by atoms with Crippen LogP contribution in [0.3, 0.4) is 0 Å². The molecule has 134 valence electrons. The number of benzene rings is 2. The first-order valence-corrected chi connectivity index (χ1v) is 9.67. The zero-order chi connectivity index (χ0) is 17.3. The summed E-state index contributed by atoms with van der Waals surface area (Å²) >= 11 is 0. The van der Waals surface area contributed by atoms with Crippen molar-refractivity contribution in [1.82, 2.24) is 4.90 Å². The van der Waals surface area contributed by atoms with Crippen molar-refractivity contribution in [1.29, 1.82) is 0 Å². The molecule has 0 unspecified atom stereocenters. The molecule has 4 nitrogen and oxygen atoms in total. The normalized spacial score (nSPS) is 20.8. The van der Waals surface area contributed by atoms with Crippen molar-refractivity contribution in [3.63, 3.8) is 0 Å². The lowest BCUT2D eigenvalue weighted by atomic mass is 9.97. The van der Waals surface area contributed by atoms with Crippen LogP contribution < -0.4 is 9.47 Å². The van der Waals surface area contributed by atoms with Gasteiger partial charge in [0.15, 0.2) is 11.5 Å². The quantitative estimate of drug-likeness (QED) is 0.842. The van der Waals surface area contributed by atoms with Gasteiger partial charge in [-0.05, 0) is 49.3 Å². The van der Waals surface area contributed by atoms with Gasteiger partial charge in [-0.25, -0.2) is 0 Å². The smallest absolute Gasteiger partial charge is 0.231 e. The van der Waals surface area contributed by atoms with E-state index in [9.17, 15) is 0 Å². The van der Waals surface area contributed by atoms with E-state index in [1.54, 1.807) is 0 Å². The van der Waals surface area contributed by atoms with Crippen molar-refractivity contribution < 1.29 is 9.47 Å². The summed E-state index contributed by atoms with van der Waals surface area (Å²) in [4.78, 5) is 7.46. The molecule has 0 spiro atoms. The minimum Gasteiger partial charge on any atom is -0.454 e. The van der Waals surface area contributed by atoms with Gasteiger partial charge in [0.1, 0.15) is 5.84 Å². The molecule has 2 aromatic rings. The van der Waals surface area contributed by atoms with Gasteiger partial charge in [0.25, 0.3) is 0 Å². The molecule has 3 heterocycles. The Labute approximate surface area is 154 Å². The van der Waals surface area contributed by atoms with Crippen LogP contribution in [0.1, 0.15) is 36.0 Å². The topological polar surface area (TPSA) is 34.1 Å². The second kappa shape index (κ2) is 6.67. The van der Waals surface area contributed by atoms with Crippen molar-refractivity contribution >= 4 is 5.84 Å². The van der Waals surface area contributed by atoms with Crippen LogP contribution in [0.15, 0.2) is 47.5 Å². The number of fused-ring (bicyclic) bond motifs is 2. The summed E-state index contributed by atoms with van der Waals surface area (Å²) in [6.45, 7) is 2.44. The van der Waals surface area contributed by atoms with Gasteiger partial charge in [-0.15, -0.1) is 0 Å². The van der Waals surface area contributed by atoms with Gasteiger partial charge in [-0.1, -0.05) is 36.4 Å². The summed E-state index contributed by atoms with van der Waals surface area (Å²) in [5.74, 6) is 2.99. The molecule has 3 aliphatic heterocycles. The van der Waals surface area contributed by atoms with E-state index in [4.69, 9.17) is 14.5 Å². The van der Waals surface area contributed by atoms with Crippen molar-refractivity contribution in [3.8, 4) is 11.5 Å². The summed E-state index contributed by atoms with van der Waals surface area (Å²) in [6, 6.07) is 15.5. The van der Waals surface area contributed by atoms with Gasteiger partial charge in [0.05, 0.1) is 12.6 Å². The number of ether oxygens (including phenoxy) is 2. The largest absolute Gasteiger partial charge is 0.454 e. The van der Waals surface area contributed by atoms with Gasteiger partial charge in [0, 0.05) is 12.1 Å². The minimum absolute atomic E-state index is 0.329. The third kappa shape index (κ3) is 2.74. The highest BCUT2D eigenvalue weighted by Gasteiger charge is 2.31.